The highest BCUT2D eigenvalue weighted by Gasteiger charge is 2.48. The molecule has 13 nitrogen and oxygen atoms in total. The third-order valence-corrected chi connectivity index (χ3v) is 11.0. The lowest BCUT2D eigenvalue weighted by Crippen LogP contribution is -2.61. The number of unbranched alkanes of at least 4 members (excludes halogenated alkanes) is 23. The Balaban J connectivity index is 2.61. The van der Waals surface area contributed by atoms with Gasteiger partial charge in [-0.15, -0.1) is 0 Å². The van der Waals surface area contributed by atoms with Gasteiger partial charge in [-0.1, -0.05) is 174 Å². The number of rotatable bonds is 36. The highest BCUT2D eigenvalue weighted by atomic mass is 32.3. The van der Waals surface area contributed by atoms with Crippen LogP contribution in [0.4, 0.5) is 0 Å². The molecule has 0 aromatic carbocycles. The van der Waals surface area contributed by atoms with E-state index in [1.165, 1.54) is 109 Å². The molecule has 1 aliphatic heterocycles. The quantitative estimate of drug-likeness (QED) is 0.0271. The van der Waals surface area contributed by atoms with Gasteiger partial charge in [0.1, 0.15) is 30.5 Å². The van der Waals surface area contributed by atoms with Crippen molar-refractivity contribution in [2.75, 3.05) is 13.2 Å². The summed E-state index contributed by atoms with van der Waals surface area (Å²) >= 11 is 0. The average molecular weight is 798 g/mol. The molecule has 0 spiro atoms. The number of hydrogen-bond donors (Lipinski definition) is 7. The number of carbonyl (C=O) groups excluding carboxylic acids is 1. The summed E-state index contributed by atoms with van der Waals surface area (Å²) in [5.41, 5.74) is 0. The van der Waals surface area contributed by atoms with Crippen LogP contribution in [0.1, 0.15) is 187 Å². The smallest absolute Gasteiger partial charge is 0.394 e. The first-order valence-corrected chi connectivity index (χ1v) is 22.9. The molecule has 1 aliphatic rings. The van der Waals surface area contributed by atoms with Crippen molar-refractivity contribution in [3.63, 3.8) is 0 Å². The highest BCUT2D eigenvalue weighted by molar-refractivity contribution is 7.80. The van der Waals surface area contributed by atoms with Crippen LogP contribution in [-0.4, -0.2) is 107 Å². The normalized spacial score (nSPS) is 22.3. The van der Waals surface area contributed by atoms with E-state index in [0.29, 0.717) is 19.3 Å². The minimum absolute atomic E-state index is 0.265. The lowest BCUT2D eigenvalue weighted by molar-refractivity contribution is -0.298. The van der Waals surface area contributed by atoms with Crippen LogP contribution in [0.15, 0.2) is 0 Å². The van der Waals surface area contributed by atoms with Crippen LogP contribution in [0, 0.1) is 0 Å². The van der Waals surface area contributed by atoms with Crippen molar-refractivity contribution in [2.24, 2.45) is 0 Å². The molecule has 1 saturated heterocycles. The minimum Gasteiger partial charge on any atom is -0.394 e. The molecule has 1 amide bonds. The molecule has 54 heavy (non-hydrogen) atoms. The van der Waals surface area contributed by atoms with Crippen molar-refractivity contribution in [1.29, 1.82) is 0 Å². The van der Waals surface area contributed by atoms with E-state index >= 15 is 0 Å². The zero-order chi connectivity index (χ0) is 40.0. The van der Waals surface area contributed by atoms with Crippen LogP contribution in [0.3, 0.4) is 0 Å². The van der Waals surface area contributed by atoms with E-state index in [4.69, 9.17) is 14.0 Å². The van der Waals surface area contributed by atoms with Gasteiger partial charge in [0.25, 0.3) is 0 Å². The lowest BCUT2D eigenvalue weighted by atomic mass is 9.99. The highest BCUT2D eigenvalue weighted by Crippen LogP contribution is 2.26. The number of hydrogen-bond acceptors (Lipinski definition) is 11. The number of carbonyl (C=O) groups is 1. The molecule has 0 bridgehead atoms. The van der Waals surface area contributed by atoms with Crippen LogP contribution in [0.25, 0.3) is 0 Å². The molecular formula is C40H79NO12S. The summed E-state index contributed by atoms with van der Waals surface area (Å²) in [5, 5.41) is 55.2. The summed E-state index contributed by atoms with van der Waals surface area (Å²) in [6.07, 6.45) is 18.7. The van der Waals surface area contributed by atoms with Crippen molar-refractivity contribution >= 4 is 16.3 Å². The second-order valence-electron chi connectivity index (χ2n) is 15.4. The van der Waals surface area contributed by atoms with Crippen LogP contribution < -0.4 is 5.32 Å². The Bertz CT molecular complexity index is 1010. The largest absolute Gasteiger partial charge is 0.397 e. The van der Waals surface area contributed by atoms with Crippen LogP contribution in [0.2, 0.25) is 0 Å². The molecule has 322 valence electrons. The zero-order valence-electron chi connectivity index (χ0n) is 33.7. The van der Waals surface area contributed by atoms with E-state index in [2.05, 4.69) is 23.3 Å². The first-order chi connectivity index (χ1) is 25.9. The molecule has 14 heteroatoms. The summed E-state index contributed by atoms with van der Waals surface area (Å²) in [6.45, 7) is 3.25. The second kappa shape index (κ2) is 32.1. The molecule has 0 saturated carbocycles. The van der Waals surface area contributed by atoms with Crippen molar-refractivity contribution in [3.8, 4) is 0 Å². The average Bonchev–Trinajstić information content (AvgIpc) is 3.14. The number of nitrogens with one attached hydrogen (secondary N) is 1. The van der Waals surface area contributed by atoms with E-state index in [1.54, 1.807) is 0 Å². The molecule has 7 N–H and O–H groups in total. The third-order valence-electron chi connectivity index (χ3n) is 10.5. The van der Waals surface area contributed by atoms with Gasteiger partial charge in [0.05, 0.1) is 25.4 Å². The van der Waals surface area contributed by atoms with Gasteiger partial charge in [0.15, 0.2) is 6.29 Å². The third kappa shape index (κ3) is 24.6. The van der Waals surface area contributed by atoms with Crippen molar-refractivity contribution < 1.29 is 57.0 Å². The van der Waals surface area contributed by atoms with Gasteiger partial charge in [-0.2, -0.15) is 8.42 Å². The monoisotopic (exact) mass is 798 g/mol. The summed E-state index contributed by atoms with van der Waals surface area (Å²) in [6, 6.07) is -1.03. The lowest BCUT2D eigenvalue weighted by Gasteiger charge is -2.41. The number of aliphatic hydroxyl groups excluding tert-OH is 5. The Labute approximate surface area is 327 Å². The molecule has 0 aliphatic carbocycles. The van der Waals surface area contributed by atoms with Gasteiger partial charge < -0.3 is 40.3 Å². The van der Waals surface area contributed by atoms with E-state index in [0.717, 1.165) is 38.5 Å². The molecule has 1 rings (SSSR count). The van der Waals surface area contributed by atoms with Gasteiger partial charge in [-0.05, 0) is 12.8 Å². The molecule has 8 unspecified atom stereocenters. The molecule has 1 fully saturated rings. The number of amides is 1. The first kappa shape index (κ1) is 51.1. The molecule has 0 radical (unpaired) electrons. The Kier molecular flexibility index (Phi) is 30.3. The van der Waals surface area contributed by atoms with Crippen LogP contribution in [-0.2, 0) is 28.9 Å². The fourth-order valence-electron chi connectivity index (χ4n) is 7.05. The number of aliphatic hydroxyl groups is 5. The summed E-state index contributed by atoms with van der Waals surface area (Å²) in [4.78, 5) is 13.1. The Morgan fingerprint density at radius 2 is 1.07 bits per heavy atom. The second-order valence-corrected chi connectivity index (χ2v) is 16.5. The first-order valence-electron chi connectivity index (χ1n) is 21.5. The molecule has 8 atom stereocenters. The van der Waals surface area contributed by atoms with Crippen LogP contribution in [0.5, 0.6) is 0 Å². The summed E-state index contributed by atoms with van der Waals surface area (Å²) < 4.78 is 47.4. The predicted molar refractivity (Wildman–Crippen MR) is 210 cm³/mol. The van der Waals surface area contributed by atoms with E-state index in [9.17, 15) is 38.7 Å². The zero-order valence-corrected chi connectivity index (χ0v) is 34.5. The van der Waals surface area contributed by atoms with E-state index in [1.807, 2.05) is 0 Å². The van der Waals surface area contributed by atoms with Crippen molar-refractivity contribution in [2.45, 2.75) is 236 Å². The Morgan fingerprint density at radius 1 is 0.667 bits per heavy atom. The maximum atomic E-state index is 13.1. The molecule has 1 heterocycles. The van der Waals surface area contributed by atoms with Crippen molar-refractivity contribution in [3.05, 3.63) is 0 Å². The van der Waals surface area contributed by atoms with Gasteiger partial charge in [-0.3, -0.25) is 9.35 Å². The SMILES string of the molecule is CCCCCCCCCCCCCCCC(O)C(=O)NC(COC1OC(CO)C(O)C(OS(=O)(=O)O)C1O)C(O)CCCCCCCCCCCCCC. The Hall–Kier alpha value is -0.940. The van der Waals surface area contributed by atoms with Gasteiger partial charge in [0, 0.05) is 0 Å². The van der Waals surface area contributed by atoms with Gasteiger partial charge in [-0.25, -0.2) is 4.18 Å². The predicted octanol–water partition coefficient (Wildman–Crippen LogP) is 6.41. The fourth-order valence-corrected chi connectivity index (χ4v) is 7.56. The van der Waals surface area contributed by atoms with Crippen LogP contribution >= 0.6 is 0 Å². The van der Waals surface area contributed by atoms with Gasteiger partial charge >= 0.3 is 10.4 Å². The standard InChI is InChI=1S/C40H79NO12S/c1-3-5-7-9-11-13-15-17-19-21-23-25-27-29-34(44)39(47)41-32(33(43)28-26-24-22-20-18-16-14-12-10-8-6-4-2)31-51-40-37(46)38(53-54(48,49)50)36(45)35(30-42)52-40/h32-38,40,42-46H,3-31H2,1-2H3,(H,41,47)(H,48,49,50). The van der Waals surface area contributed by atoms with Gasteiger partial charge in [0.2, 0.25) is 5.91 Å². The molecule has 0 aromatic rings. The van der Waals surface area contributed by atoms with E-state index in [-0.39, 0.29) is 6.42 Å². The topological polar surface area (TPSA) is 212 Å². The number of ether oxygens (including phenoxy) is 2. The Morgan fingerprint density at radius 3 is 1.48 bits per heavy atom. The fraction of sp³-hybridized carbons (Fsp3) is 0.975. The van der Waals surface area contributed by atoms with Crippen molar-refractivity contribution in [1.82, 2.24) is 5.32 Å². The minimum atomic E-state index is -5.10. The summed E-state index contributed by atoms with van der Waals surface area (Å²) in [7, 11) is -5.10. The maximum absolute atomic E-state index is 13.1. The molecule has 0 aromatic heterocycles. The summed E-state index contributed by atoms with van der Waals surface area (Å²) in [5.74, 6) is -0.669. The maximum Gasteiger partial charge on any atom is 0.397 e. The van der Waals surface area contributed by atoms with E-state index < -0.39 is 78.5 Å². The molecular weight excluding hydrogens is 719 g/mol.